The first kappa shape index (κ1) is 10.8. The van der Waals surface area contributed by atoms with Crippen LogP contribution in [0.25, 0.3) is 22.4 Å². The van der Waals surface area contributed by atoms with Crippen LogP contribution in [0.15, 0.2) is 42.5 Å². The molecule has 0 fully saturated rings. The summed E-state index contributed by atoms with van der Waals surface area (Å²) in [6.45, 7) is 0. The first-order valence-electron chi connectivity index (χ1n) is 5.63. The first-order chi connectivity index (χ1) is 8.65. The predicted molar refractivity (Wildman–Crippen MR) is 70.5 cm³/mol. The summed E-state index contributed by atoms with van der Waals surface area (Å²) in [6, 6.07) is 12.1. The number of nitrogens with two attached hydrogens (primary N) is 1. The largest absolute Gasteiger partial charge is 0.399 e. The molecule has 3 aromatic rings. The molecule has 0 atom stereocenters. The molecule has 3 nitrogen and oxygen atoms in total. The zero-order valence-corrected chi connectivity index (χ0v) is 9.89. The number of aromatic nitrogens is 2. The van der Waals surface area contributed by atoms with Gasteiger partial charge in [-0.15, -0.1) is 0 Å². The van der Waals surface area contributed by atoms with Gasteiger partial charge in [-0.05, 0) is 42.5 Å². The standard InChI is InChI=1S/C14H12FN3/c1-18-13-8-10(15)4-7-12(13)17-14(18)9-2-5-11(16)6-3-9/h2-8H,16H2,1H3. The third-order valence-corrected chi connectivity index (χ3v) is 3.01. The summed E-state index contributed by atoms with van der Waals surface area (Å²) in [4.78, 5) is 4.51. The zero-order chi connectivity index (χ0) is 12.7. The Morgan fingerprint density at radius 3 is 2.56 bits per heavy atom. The summed E-state index contributed by atoms with van der Waals surface area (Å²) in [5, 5.41) is 0. The van der Waals surface area contributed by atoms with E-state index < -0.39 is 0 Å². The summed E-state index contributed by atoms with van der Waals surface area (Å²) >= 11 is 0. The molecule has 1 heterocycles. The third kappa shape index (κ3) is 1.62. The molecule has 0 aliphatic heterocycles. The number of hydrogen-bond donors (Lipinski definition) is 1. The van der Waals surface area contributed by atoms with Crippen LogP contribution in [-0.2, 0) is 7.05 Å². The van der Waals surface area contributed by atoms with E-state index in [1.165, 1.54) is 12.1 Å². The number of rotatable bonds is 1. The molecule has 3 rings (SSSR count). The number of aryl methyl sites for hydroxylation is 1. The molecule has 0 radical (unpaired) electrons. The second-order valence-electron chi connectivity index (χ2n) is 4.25. The van der Waals surface area contributed by atoms with Crippen molar-refractivity contribution in [3.05, 3.63) is 48.3 Å². The number of imidazole rings is 1. The van der Waals surface area contributed by atoms with Crippen LogP contribution in [0.3, 0.4) is 0 Å². The van der Waals surface area contributed by atoms with E-state index >= 15 is 0 Å². The highest BCUT2D eigenvalue weighted by atomic mass is 19.1. The van der Waals surface area contributed by atoms with E-state index in [-0.39, 0.29) is 5.82 Å². The number of anilines is 1. The fraction of sp³-hybridized carbons (Fsp3) is 0.0714. The molecule has 0 amide bonds. The average Bonchev–Trinajstić information content (AvgIpc) is 2.68. The fourth-order valence-corrected chi connectivity index (χ4v) is 2.05. The molecular formula is C14H12FN3. The maximum Gasteiger partial charge on any atom is 0.140 e. The Morgan fingerprint density at radius 1 is 1.11 bits per heavy atom. The van der Waals surface area contributed by atoms with Crippen molar-refractivity contribution in [2.45, 2.75) is 0 Å². The Hall–Kier alpha value is -2.36. The van der Waals surface area contributed by atoms with E-state index in [0.717, 1.165) is 22.4 Å². The van der Waals surface area contributed by atoms with Gasteiger partial charge in [0.05, 0.1) is 11.0 Å². The van der Waals surface area contributed by atoms with E-state index in [4.69, 9.17) is 5.73 Å². The molecule has 0 bridgehead atoms. The summed E-state index contributed by atoms with van der Waals surface area (Å²) in [6.07, 6.45) is 0. The van der Waals surface area contributed by atoms with E-state index in [1.54, 1.807) is 6.07 Å². The van der Waals surface area contributed by atoms with E-state index in [9.17, 15) is 4.39 Å². The van der Waals surface area contributed by atoms with Crippen molar-refractivity contribution in [2.75, 3.05) is 5.73 Å². The van der Waals surface area contributed by atoms with Crippen LogP contribution < -0.4 is 5.73 Å². The summed E-state index contributed by atoms with van der Waals surface area (Å²) < 4.78 is 15.1. The average molecular weight is 241 g/mol. The lowest BCUT2D eigenvalue weighted by Gasteiger charge is -2.02. The number of benzene rings is 2. The molecule has 2 N–H and O–H groups in total. The molecule has 4 heteroatoms. The van der Waals surface area contributed by atoms with Gasteiger partial charge in [-0.25, -0.2) is 9.37 Å². The Kier molecular flexibility index (Phi) is 2.30. The lowest BCUT2D eigenvalue weighted by molar-refractivity contribution is 0.629. The summed E-state index contributed by atoms with van der Waals surface area (Å²) in [5.41, 5.74) is 8.90. The molecule has 0 saturated carbocycles. The van der Waals surface area contributed by atoms with Crippen LogP contribution in [0.2, 0.25) is 0 Å². The van der Waals surface area contributed by atoms with E-state index in [0.29, 0.717) is 5.69 Å². The van der Waals surface area contributed by atoms with Gasteiger partial charge in [-0.2, -0.15) is 0 Å². The number of hydrogen-bond acceptors (Lipinski definition) is 2. The minimum Gasteiger partial charge on any atom is -0.399 e. The SMILES string of the molecule is Cn1c(-c2ccc(N)cc2)nc2ccc(F)cc21. The minimum atomic E-state index is -0.255. The normalized spacial score (nSPS) is 11.0. The number of halogens is 1. The summed E-state index contributed by atoms with van der Waals surface area (Å²) in [7, 11) is 1.88. The van der Waals surface area contributed by atoms with Crippen molar-refractivity contribution in [3.8, 4) is 11.4 Å². The number of nitrogens with zero attached hydrogens (tertiary/aromatic N) is 2. The van der Waals surface area contributed by atoms with Gasteiger partial charge >= 0.3 is 0 Å². The molecule has 0 spiro atoms. The lowest BCUT2D eigenvalue weighted by atomic mass is 10.2. The van der Waals surface area contributed by atoms with Crippen LogP contribution in [-0.4, -0.2) is 9.55 Å². The van der Waals surface area contributed by atoms with Crippen molar-refractivity contribution in [2.24, 2.45) is 7.05 Å². The van der Waals surface area contributed by atoms with Gasteiger partial charge in [-0.1, -0.05) is 0 Å². The number of nitrogen functional groups attached to an aromatic ring is 1. The molecule has 0 unspecified atom stereocenters. The lowest BCUT2D eigenvalue weighted by Crippen LogP contribution is -1.93. The Balaban J connectivity index is 2.23. The maximum absolute atomic E-state index is 13.2. The van der Waals surface area contributed by atoms with E-state index in [2.05, 4.69) is 4.98 Å². The van der Waals surface area contributed by atoms with Gasteiger partial charge in [0, 0.05) is 18.3 Å². The maximum atomic E-state index is 13.2. The highest BCUT2D eigenvalue weighted by Gasteiger charge is 2.10. The van der Waals surface area contributed by atoms with Crippen molar-refractivity contribution in [1.29, 1.82) is 0 Å². The second-order valence-corrected chi connectivity index (χ2v) is 4.25. The van der Waals surface area contributed by atoms with Gasteiger partial charge in [-0.3, -0.25) is 0 Å². The monoisotopic (exact) mass is 241 g/mol. The first-order valence-corrected chi connectivity index (χ1v) is 5.63. The molecule has 90 valence electrons. The van der Waals surface area contributed by atoms with Crippen LogP contribution >= 0.6 is 0 Å². The molecule has 0 aliphatic rings. The highest BCUT2D eigenvalue weighted by Crippen LogP contribution is 2.24. The fourth-order valence-electron chi connectivity index (χ4n) is 2.05. The Bertz CT molecular complexity index is 714. The molecule has 0 aliphatic carbocycles. The second kappa shape index (κ2) is 3.84. The Morgan fingerprint density at radius 2 is 1.83 bits per heavy atom. The van der Waals surface area contributed by atoms with Crippen molar-refractivity contribution in [3.63, 3.8) is 0 Å². The molecule has 18 heavy (non-hydrogen) atoms. The van der Waals surface area contributed by atoms with Crippen molar-refractivity contribution >= 4 is 16.7 Å². The van der Waals surface area contributed by atoms with Gasteiger partial charge < -0.3 is 10.3 Å². The van der Waals surface area contributed by atoms with E-state index in [1.807, 2.05) is 35.9 Å². The quantitative estimate of drug-likeness (QED) is 0.666. The third-order valence-electron chi connectivity index (χ3n) is 3.01. The van der Waals surface area contributed by atoms with Crippen LogP contribution in [0, 0.1) is 5.82 Å². The minimum absolute atomic E-state index is 0.255. The predicted octanol–water partition coefficient (Wildman–Crippen LogP) is 2.96. The topological polar surface area (TPSA) is 43.8 Å². The van der Waals surface area contributed by atoms with Gasteiger partial charge in [0.15, 0.2) is 0 Å². The summed E-state index contributed by atoms with van der Waals surface area (Å²) in [5.74, 6) is 0.546. The zero-order valence-electron chi connectivity index (χ0n) is 9.89. The van der Waals surface area contributed by atoms with Crippen LogP contribution in [0.5, 0.6) is 0 Å². The molecule has 1 aromatic heterocycles. The molecule has 2 aromatic carbocycles. The van der Waals surface area contributed by atoms with Gasteiger partial charge in [0.1, 0.15) is 11.6 Å². The molecular weight excluding hydrogens is 229 g/mol. The van der Waals surface area contributed by atoms with Gasteiger partial charge in [0.2, 0.25) is 0 Å². The molecule has 0 saturated heterocycles. The van der Waals surface area contributed by atoms with Crippen LogP contribution in [0.4, 0.5) is 10.1 Å². The van der Waals surface area contributed by atoms with Gasteiger partial charge in [0.25, 0.3) is 0 Å². The van der Waals surface area contributed by atoms with Crippen molar-refractivity contribution in [1.82, 2.24) is 9.55 Å². The van der Waals surface area contributed by atoms with Crippen LogP contribution in [0.1, 0.15) is 0 Å². The van der Waals surface area contributed by atoms with Crippen molar-refractivity contribution < 1.29 is 4.39 Å². The Labute approximate surface area is 104 Å². The number of fused-ring (bicyclic) bond motifs is 1. The highest BCUT2D eigenvalue weighted by molar-refractivity contribution is 5.80. The smallest absolute Gasteiger partial charge is 0.140 e.